The van der Waals surface area contributed by atoms with Crippen LogP contribution in [0.15, 0.2) is 48.5 Å². The third-order valence-electron chi connectivity index (χ3n) is 5.36. The molecule has 1 saturated carbocycles. The predicted octanol–water partition coefficient (Wildman–Crippen LogP) is 4.08. The van der Waals surface area contributed by atoms with Crippen LogP contribution in [0.25, 0.3) is 0 Å². The molecule has 0 bridgehead atoms. The van der Waals surface area contributed by atoms with E-state index < -0.39 is 17.8 Å². The number of carboxylic acids is 1. The number of amides is 1. The summed E-state index contributed by atoms with van der Waals surface area (Å²) in [6, 6.07) is 15.8. The van der Waals surface area contributed by atoms with Crippen molar-refractivity contribution in [2.24, 2.45) is 11.8 Å². The van der Waals surface area contributed by atoms with Crippen LogP contribution < -0.4 is 10.1 Å². The van der Waals surface area contributed by atoms with Crippen LogP contribution >= 0.6 is 0 Å². The highest BCUT2D eigenvalue weighted by Gasteiger charge is 2.35. The predicted molar refractivity (Wildman–Crippen MR) is 107 cm³/mol. The van der Waals surface area contributed by atoms with Crippen molar-refractivity contribution < 1.29 is 19.4 Å². The number of hydrogen-bond acceptors (Lipinski definition) is 3. The summed E-state index contributed by atoms with van der Waals surface area (Å²) in [5.41, 5.74) is 3.16. The maximum absolute atomic E-state index is 12.6. The molecule has 2 aromatic carbocycles. The number of benzene rings is 2. The van der Waals surface area contributed by atoms with Gasteiger partial charge in [0.2, 0.25) is 5.91 Å². The highest BCUT2D eigenvalue weighted by atomic mass is 16.5. The van der Waals surface area contributed by atoms with Crippen LogP contribution in [0.2, 0.25) is 0 Å². The number of rotatable bonds is 7. The fourth-order valence-corrected chi connectivity index (χ4v) is 3.69. The molecule has 0 saturated heterocycles. The molecule has 0 spiro atoms. The van der Waals surface area contributed by atoms with Crippen LogP contribution in [-0.4, -0.2) is 17.0 Å². The SMILES string of the molecule is Cc1ccc(COc2ccccc2CNC(=O)C2CCCCC2C(=O)O)cc1. The number of carbonyl (C=O) groups excluding carboxylic acids is 1. The molecule has 5 heteroatoms. The second kappa shape index (κ2) is 9.40. The van der Waals surface area contributed by atoms with Gasteiger partial charge in [0.1, 0.15) is 12.4 Å². The average molecular weight is 381 g/mol. The summed E-state index contributed by atoms with van der Waals surface area (Å²) < 4.78 is 5.95. The lowest BCUT2D eigenvalue weighted by Gasteiger charge is -2.27. The number of ether oxygens (including phenoxy) is 1. The molecule has 2 unspecified atom stereocenters. The van der Waals surface area contributed by atoms with Gasteiger partial charge < -0.3 is 15.2 Å². The van der Waals surface area contributed by atoms with Crippen LogP contribution in [-0.2, 0) is 22.7 Å². The summed E-state index contributed by atoms with van der Waals surface area (Å²) in [4.78, 5) is 24.0. The van der Waals surface area contributed by atoms with Crippen LogP contribution in [0.4, 0.5) is 0 Å². The quantitative estimate of drug-likeness (QED) is 0.758. The molecule has 0 radical (unpaired) electrons. The normalized spacial score (nSPS) is 19.0. The van der Waals surface area contributed by atoms with E-state index >= 15 is 0 Å². The summed E-state index contributed by atoms with van der Waals surface area (Å²) in [7, 11) is 0. The van der Waals surface area contributed by atoms with Crippen molar-refractivity contribution in [2.75, 3.05) is 0 Å². The Balaban J connectivity index is 1.60. The number of aliphatic carboxylic acids is 1. The average Bonchev–Trinajstić information content (AvgIpc) is 2.72. The van der Waals surface area contributed by atoms with Crippen molar-refractivity contribution in [3.05, 3.63) is 65.2 Å². The molecule has 0 heterocycles. The van der Waals surface area contributed by atoms with E-state index in [2.05, 4.69) is 5.32 Å². The first-order chi connectivity index (χ1) is 13.5. The minimum absolute atomic E-state index is 0.180. The number of nitrogens with one attached hydrogen (secondary N) is 1. The van der Waals surface area contributed by atoms with E-state index in [4.69, 9.17) is 4.74 Å². The van der Waals surface area contributed by atoms with Crippen molar-refractivity contribution in [3.8, 4) is 5.75 Å². The smallest absolute Gasteiger partial charge is 0.307 e. The zero-order valence-electron chi connectivity index (χ0n) is 16.2. The van der Waals surface area contributed by atoms with Gasteiger partial charge in [-0.05, 0) is 31.4 Å². The molecule has 5 nitrogen and oxygen atoms in total. The molecule has 2 N–H and O–H groups in total. The molecule has 3 rings (SSSR count). The lowest BCUT2D eigenvalue weighted by molar-refractivity contribution is -0.148. The van der Waals surface area contributed by atoms with Crippen LogP contribution in [0.1, 0.15) is 42.4 Å². The van der Waals surface area contributed by atoms with Crippen molar-refractivity contribution >= 4 is 11.9 Å². The first kappa shape index (κ1) is 19.9. The Morgan fingerprint density at radius 1 is 1.04 bits per heavy atom. The Labute approximate surface area is 165 Å². The zero-order valence-corrected chi connectivity index (χ0v) is 16.2. The van der Waals surface area contributed by atoms with E-state index in [0.717, 1.165) is 29.7 Å². The van der Waals surface area contributed by atoms with Gasteiger partial charge >= 0.3 is 5.97 Å². The summed E-state index contributed by atoms with van der Waals surface area (Å²) in [6.45, 7) is 2.82. The fraction of sp³-hybridized carbons (Fsp3) is 0.391. The molecule has 0 aromatic heterocycles. The highest BCUT2D eigenvalue weighted by Crippen LogP contribution is 2.30. The van der Waals surface area contributed by atoms with Crippen molar-refractivity contribution in [2.45, 2.75) is 45.8 Å². The van der Waals surface area contributed by atoms with E-state index in [9.17, 15) is 14.7 Å². The molecule has 2 aromatic rings. The molecule has 1 aliphatic rings. The Morgan fingerprint density at radius 2 is 1.71 bits per heavy atom. The van der Waals surface area contributed by atoms with E-state index in [-0.39, 0.29) is 5.91 Å². The standard InChI is InChI=1S/C23H27NO4/c1-16-10-12-17(13-11-16)15-28-21-9-5-2-6-18(21)14-24-22(25)19-7-3-4-8-20(19)23(26)27/h2,5-6,9-13,19-20H,3-4,7-8,14-15H2,1H3,(H,24,25)(H,26,27). The third kappa shape index (κ3) is 5.12. The lowest BCUT2D eigenvalue weighted by Crippen LogP contribution is -2.39. The van der Waals surface area contributed by atoms with Gasteiger partial charge in [-0.3, -0.25) is 9.59 Å². The van der Waals surface area contributed by atoms with Crippen LogP contribution in [0.3, 0.4) is 0 Å². The van der Waals surface area contributed by atoms with E-state index in [1.165, 1.54) is 5.56 Å². The molecule has 0 aliphatic heterocycles. The van der Waals surface area contributed by atoms with Gasteiger partial charge in [-0.2, -0.15) is 0 Å². The Morgan fingerprint density at radius 3 is 2.43 bits per heavy atom. The largest absolute Gasteiger partial charge is 0.489 e. The van der Waals surface area contributed by atoms with Gasteiger partial charge in [0.25, 0.3) is 0 Å². The Hall–Kier alpha value is -2.82. The van der Waals surface area contributed by atoms with Gasteiger partial charge in [-0.25, -0.2) is 0 Å². The first-order valence-corrected chi connectivity index (χ1v) is 9.81. The van der Waals surface area contributed by atoms with E-state index in [1.807, 2.05) is 55.5 Å². The molecule has 1 amide bonds. The molecule has 28 heavy (non-hydrogen) atoms. The van der Waals surface area contributed by atoms with Crippen molar-refractivity contribution in [3.63, 3.8) is 0 Å². The molecular formula is C23H27NO4. The molecular weight excluding hydrogens is 354 g/mol. The summed E-state index contributed by atoms with van der Waals surface area (Å²) in [6.07, 6.45) is 2.98. The maximum atomic E-state index is 12.6. The highest BCUT2D eigenvalue weighted by molar-refractivity contribution is 5.84. The van der Waals surface area contributed by atoms with Crippen LogP contribution in [0, 0.1) is 18.8 Å². The van der Waals surface area contributed by atoms with Crippen LogP contribution in [0.5, 0.6) is 5.75 Å². The number of carbonyl (C=O) groups is 2. The van der Waals surface area contributed by atoms with Crippen molar-refractivity contribution in [1.82, 2.24) is 5.32 Å². The first-order valence-electron chi connectivity index (χ1n) is 9.81. The summed E-state index contributed by atoms with van der Waals surface area (Å²) in [5.74, 6) is -1.36. The Kier molecular flexibility index (Phi) is 6.69. The molecule has 1 aliphatic carbocycles. The maximum Gasteiger partial charge on any atom is 0.307 e. The number of carboxylic acid groups (broad SMARTS) is 1. The van der Waals surface area contributed by atoms with E-state index in [1.54, 1.807) is 0 Å². The van der Waals surface area contributed by atoms with Gasteiger partial charge in [0, 0.05) is 12.1 Å². The van der Waals surface area contributed by atoms with Gasteiger partial charge in [-0.15, -0.1) is 0 Å². The summed E-state index contributed by atoms with van der Waals surface area (Å²) in [5, 5.41) is 12.3. The monoisotopic (exact) mass is 381 g/mol. The topological polar surface area (TPSA) is 75.6 Å². The molecule has 1 fully saturated rings. The van der Waals surface area contributed by atoms with Crippen molar-refractivity contribution in [1.29, 1.82) is 0 Å². The van der Waals surface area contributed by atoms with Gasteiger partial charge in [0.15, 0.2) is 0 Å². The number of aryl methyl sites for hydroxylation is 1. The number of hydrogen-bond donors (Lipinski definition) is 2. The molecule has 148 valence electrons. The third-order valence-corrected chi connectivity index (χ3v) is 5.36. The minimum atomic E-state index is -0.873. The fourth-order valence-electron chi connectivity index (χ4n) is 3.69. The zero-order chi connectivity index (χ0) is 19.9. The second-order valence-electron chi connectivity index (χ2n) is 7.44. The minimum Gasteiger partial charge on any atom is -0.489 e. The lowest BCUT2D eigenvalue weighted by atomic mass is 9.78. The van der Waals surface area contributed by atoms with Gasteiger partial charge in [-0.1, -0.05) is 60.9 Å². The Bertz CT molecular complexity index is 816. The number of para-hydroxylation sites is 1. The second-order valence-corrected chi connectivity index (χ2v) is 7.44. The van der Waals surface area contributed by atoms with Gasteiger partial charge in [0.05, 0.1) is 11.8 Å². The summed E-state index contributed by atoms with van der Waals surface area (Å²) >= 11 is 0. The molecule has 2 atom stereocenters. The van der Waals surface area contributed by atoms with E-state index in [0.29, 0.717) is 26.0 Å².